The molecule has 1 fully saturated rings. The number of carbonyl (C=O) groups is 1. The van der Waals surface area contributed by atoms with Gasteiger partial charge in [0.05, 0.1) is 5.01 Å². The van der Waals surface area contributed by atoms with Crippen LogP contribution < -0.4 is 5.32 Å². The van der Waals surface area contributed by atoms with E-state index in [1.807, 2.05) is 22.4 Å². The molecule has 96 valence electrons. The molecular formula is C13H17N3OS. The van der Waals surface area contributed by atoms with E-state index in [1.54, 1.807) is 11.3 Å². The van der Waals surface area contributed by atoms with Crippen LogP contribution in [0.25, 0.3) is 0 Å². The largest absolute Gasteiger partial charge is 0.330 e. The molecule has 0 bridgehead atoms. The smallest absolute Gasteiger partial charge is 0.273 e. The lowest BCUT2D eigenvalue weighted by Crippen LogP contribution is -2.29. The van der Waals surface area contributed by atoms with Gasteiger partial charge in [-0.15, -0.1) is 11.3 Å². The van der Waals surface area contributed by atoms with Crippen molar-refractivity contribution in [1.29, 1.82) is 0 Å². The molecular weight excluding hydrogens is 246 g/mol. The van der Waals surface area contributed by atoms with Crippen molar-refractivity contribution >= 4 is 17.2 Å². The standard InChI is InChI=1S/C13H17N3OS/c17-13(16-6-1-2-7-16)11-9-18-12(15-11)10-4-3-5-14-8-10/h1-2,9-10,14H,3-8H2. The lowest BCUT2D eigenvalue weighted by molar-refractivity contribution is 0.0795. The van der Waals surface area contributed by atoms with E-state index in [0.29, 0.717) is 11.6 Å². The topological polar surface area (TPSA) is 45.2 Å². The third-order valence-corrected chi connectivity index (χ3v) is 4.50. The number of amides is 1. The van der Waals surface area contributed by atoms with Crippen molar-refractivity contribution in [1.82, 2.24) is 15.2 Å². The van der Waals surface area contributed by atoms with Gasteiger partial charge in [0.2, 0.25) is 0 Å². The van der Waals surface area contributed by atoms with Gasteiger partial charge in [-0.3, -0.25) is 4.79 Å². The zero-order valence-corrected chi connectivity index (χ0v) is 11.1. The molecule has 2 aliphatic heterocycles. The van der Waals surface area contributed by atoms with E-state index in [1.165, 1.54) is 12.8 Å². The van der Waals surface area contributed by atoms with Crippen LogP contribution >= 0.6 is 11.3 Å². The van der Waals surface area contributed by atoms with E-state index in [9.17, 15) is 4.79 Å². The molecule has 1 atom stereocenters. The van der Waals surface area contributed by atoms with Crippen molar-refractivity contribution < 1.29 is 4.79 Å². The zero-order valence-electron chi connectivity index (χ0n) is 10.3. The van der Waals surface area contributed by atoms with E-state index >= 15 is 0 Å². The van der Waals surface area contributed by atoms with Crippen LogP contribution in [0.3, 0.4) is 0 Å². The highest BCUT2D eigenvalue weighted by Gasteiger charge is 2.23. The van der Waals surface area contributed by atoms with Crippen molar-refractivity contribution in [3.8, 4) is 0 Å². The van der Waals surface area contributed by atoms with Gasteiger partial charge in [0.15, 0.2) is 0 Å². The number of hydrogen-bond acceptors (Lipinski definition) is 4. The number of carbonyl (C=O) groups excluding carboxylic acids is 1. The van der Waals surface area contributed by atoms with Gasteiger partial charge in [-0.1, -0.05) is 12.2 Å². The Kier molecular flexibility index (Phi) is 3.43. The minimum absolute atomic E-state index is 0.0614. The van der Waals surface area contributed by atoms with Gasteiger partial charge in [-0.2, -0.15) is 0 Å². The van der Waals surface area contributed by atoms with E-state index in [-0.39, 0.29) is 5.91 Å². The summed E-state index contributed by atoms with van der Waals surface area (Å²) in [6.07, 6.45) is 6.43. The Morgan fingerprint density at radius 3 is 3.00 bits per heavy atom. The maximum absolute atomic E-state index is 12.2. The summed E-state index contributed by atoms with van der Waals surface area (Å²) in [5.41, 5.74) is 0.615. The number of hydrogen-bond donors (Lipinski definition) is 1. The summed E-state index contributed by atoms with van der Waals surface area (Å²) >= 11 is 1.62. The Morgan fingerprint density at radius 2 is 2.28 bits per heavy atom. The quantitative estimate of drug-likeness (QED) is 0.825. The van der Waals surface area contributed by atoms with Crippen LogP contribution in [-0.4, -0.2) is 42.0 Å². The average Bonchev–Trinajstić information content (AvgIpc) is 3.10. The highest BCUT2D eigenvalue weighted by Crippen LogP contribution is 2.26. The van der Waals surface area contributed by atoms with Gasteiger partial charge in [0.1, 0.15) is 5.69 Å². The Balaban J connectivity index is 1.70. The molecule has 0 aromatic carbocycles. The molecule has 2 aliphatic rings. The first-order chi connectivity index (χ1) is 8.84. The predicted molar refractivity (Wildman–Crippen MR) is 72.0 cm³/mol. The summed E-state index contributed by atoms with van der Waals surface area (Å²) in [6, 6.07) is 0. The maximum Gasteiger partial charge on any atom is 0.273 e. The number of aromatic nitrogens is 1. The van der Waals surface area contributed by atoms with Crippen LogP contribution in [0.2, 0.25) is 0 Å². The molecule has 5 heteroatoms. The Morgan fingerprint density at radius 1 is 1.44 bits per heavy atom. The predicted octanol–water partition coefficient (Wildman–Crippen LogP) is 1.62. The van der Waals surface area contributed by atoms with Crippen LogP contribution in [0.15, 0.2) is 17.5 Å². The van der Waals surface area contributed by atoms with Crippen LogP contribution in [0.1, 0.15) is 34.3 Å². The summed E-state index contributed by atoms with van der Waals surface area (Å²) in [4.78, 5) is 18.5. The molecule has 3 rings (SSSR count). The number of nitrogens with one attached hydrogen (secondary N) is 1. The lowest BCUT2D eigenvalue weighted by Gasteiger charge is -2.20. The van der Waals surface area contributed by atoms with Crippen LogP contribution in [0, 0.1) is 0 Å². The molecule has 1 aromatic rings. The summed E-state index contributed by atoms with van der Waals surface area (Å²) < 4.78 is 0. The van der Waals surface area contributed by atoms with Crippen molar-refractivity contribution in [2.45, 2.75) is 18.8 Å². The van der Waals surface area contributed by atoms with Crippen LogP contribution in [-0.2, 0) is 0 Å². The molecule has 18 heavy (non-hydrogen) atoms. The fourth-order valence-electron chi connectivity index (χ4n) is 2.44. The minimum Gasteiger partial charge on any atom is -0.330 e. The summed E-state index contributed by atoms with van der Waals surface area (Å²) in [5, 5.41) is 6.40. The van der Waals surface area contributed by atoms with Crippen LogP contribution in [0.5, 0.6) is 0 Å². The molecule has 1 saturated heterocycles. The number of thiazole rings is 1. The normalized spacial score (nSPS) is 23.6. The van der Waals surface area contributed by atoms with Gasteiger partial charge in [-0.05, 0) is 19.4 Å². The van der Waals surface area contributed by atoms with Crippen LogP contribution in [0.4, 0.5) is 0 Å². The Bertz CT molecular complexity index is 455. The van der Waals surface area contributed by atoms with Crippen molar-refractivity contribution in [2.24, 2.45) is 0 Å². The van der Waals surface area contributed by atoms with Crippen molar-refractivity contribution in [3.63, 3.8) is 0 Å². The summed E-state index contributed by atoms with van der Waals surface area (Å²) in [6.45, 7) is 3.53. The maximum atomic E-state index is 12.2. The molecule has 3 heterocycles. The first kappa shape index (κ1) is 11.9. The van der Waals surface area contributed by atoms with E-state index < -0.39 is 0 Å². The molecule has 0 saturated carbocycles. The third-order valence-electron chi connectivity index (χ3n) is 3.49. The van der Waals surface area contributed by atoms with Gasteiger partial charge < -0.3 is 10.2 Å². The van der Waals surface area contributed by atoms with E-state index in [2.05, 4.69) is 10.3 Å². The Hall–Kier alpha value is -1.20. The molecule has 0 radical (unpaired) electrons. The highest BCUT2D eigenvalue weighted by molar-refractivity contribution is 7.09. The van der Waals surface area contributed by atoms with Crippen molar-refractivity contribution in [3.05, 3.63) is 28.2 Å². The highest BCUT2D eigenvalue weighted by atomic mass is 32.1. The minimum atomic E-state index is 0.0614. The zero-order chi connectivity index (χ0) is 12.4. The second-order valence-electron chi connectivity index (χ2n) is 4.80. The molecule has 1 amide bonds. The molecule has 4 nitrogen and oxygen atoms in total. The lowest BCUT2D eigenvalue weighted by atomic mass is 10.0. The molecule has 1 aromatic heterocycles. The molecule has 1 N–H and O–H groups in total. The van der Waals surface area contributed by atoms with E-state index in [0.717, 1.165) is 31.2 Å². The van der Waals surface area contributed by atoms with Gasteiger partial charge in [-0.25, -0.2) is 4.98 Å². The molecule has 1 unspecified atom stereocenters. The third kappa shape index (κ3) is 2.33. The molecule has 0 spiro atoms. The Labute approximate surface area is 111 Å². The monoisotopic (exact) mass is 263 g/mol. The second kappa shape index (κ2) is 5.20. The first-order valence-electron chi connectivity index (χ1n) is 6.45. The summed E-state index contributed by atoms with van der Waals surface area (Å²) in [5.74, 6) is 0.549. The fraction of sp³-hybridized carbons (Fsp3) is 0.538. The fourth-order valence-corrected chi connectivity index (χ4v) is 3.37. The van der Waals surface area contributed by atoms with Crippen molar-refractivity contribution in [2.75, 3.05) is 26.2 Å². The average molecular weight is 263 g/mol. The summed E-state index contributed by atoms with van der Waals surface area (Å²) in [7, 11) is 0. The second-order valence-corrected chi connectivity index (χ2v) is 5.69. The SMILES string of the molecule is O=C(c1csc(C2CCCNC2)n1)N1CC=CC1. The number of nitrogens with zero attached hydrogens (tertiary/aromatic N) is 2. The number of rotatable bonds is 2. The van der Waals surface area contributed by atoms with Gasteiger partial charge in [0.25, 0.3) is 5.91 Å². The van der Waals surface area contributed by atoms with Gasteiger partial charge >= 0.3 is 0 Å². The molecule has 0 aliphatic carbocycles. The number of piperidine rings is 1. The first-order valence-corrected chi connectivity index (χ1v) is 7.33. The van der Waals surface area contributed by atoms with E-state index in [4.69, 9.17) is 0 Å². The van der Waals surface area contributed by atoms with Gasteiger partial charge in [0, 0.05) is 30.9 Å².